The van der Waals surface area contributed by atoms with Crippen molar-refractivity contribution in [1.29, 1.82) is 0 Å². The van der Waals surface area contributed by atoms with E-state index in [0.29, 0.717) is 11.7 Å². The molecule has 3 N–H and O–H groups in total. The molecule has 7 heteroatoms. The monoisotopic (exact) mass is 461 g/mol. The molecule has 0 saturated carbocycles. The van der Waals surface area contributed by atoms with Gasteiger partial charge in [0.05, 0.1) is 7.11 Å². The van der Waals surface area contributed by atoms with Crippen molar-refractivity contribution in [3.63, 3.8) is 0 Å². The van der Waals surface area contributed by atoms with E-state index in [1.807, 2.05) is 18.2 Å². The number of aryl methyl sites for hydroxylation is 1. The molecule has 34 heavy (non-hydrogen) atoms. The lowest BCUT2D eigenvalue weighted by Crippen LogP contribution is -2.33. The van der Waals surface area contributed by atoms with Gasteiger partial charge in [-0.1, -0.05) is 0 Å². The third-order valence-electron chi connectivity index (χ3n) is 7.06. The number of fused-ring (bicyclic) bond motifs is 2. The number of hydrogen-bond acceptors (Lipinski definition) is 4. The summed E-state index contributed by atoms with van der Waals surface area (Å²) in [5.74, 6) is 1.75. The fraction of sp³-hybridized carbons (Fsp3) is 0.370. The zero-order valence-corrected chi connectivity index (χ0v) is 19.5. The van der Waals surface area contributed by atoms with Gasteiger partial charge in [0, 0.05) is 34.2 Å². The van der Waals surface area contributed by atoms with Gasteiger partial charge in [0.1, 0.15) is 11.5 Å². The quantitative estimate of drug-likeness (QED) is 0.172. The van der Waals surface area contributed by atoms with E-state index < -0.39 is 6.16 Å². The molecule has 0 amide bonds. The zero-order chi connectivity index (χ0) is 23.5. The van der Waals surface area contributed by atoms with Crippen LogP contribution in [0.1, 0.15) is 42.7 Å². The van der Waals surface area contributed by atoms with Gasteiger partial charge >= 0.3 is 6.16 Å². The summed E-state index contributed by atoms with van der Waals surface area (Å²) < 4.78 is 10.2. The van der Waals surface area contributed by atoms with Crippen LogP contribution in [0.2, 0.25) is 0 Å². The minimum Gasteiger partial charge on any atom is -0.497 e. The molecule has 2 aromatic heterocycles. The fourth-order valence-electron chi connectivity index (χ4n) is 5.23. The molecule has 5 rings (SSSR count). The number of benzene rings is 2. The summed E-state index contributed by atoms with van der Waals surface area (Å²) in [6.45, 7) is 3.31. The number of methoxy groups -OCH3 is 1. The third-order valence-corrected chi connectivity index (χ3v) is 7.06. The second-order valence-electron chi connectivity index (χ2n) is 9.12. The highest BCUT2D eigenvalue weighted by Crippen LogP contribution is 2.35. The highest BCUT2D eigenvalue weighted by atomic mass is 16.7. The van der Waals surface area contributed by atoms with Gasteiger partial charge in [0.15, 0.2) is 0 Å². The van der Waals surface area contributed by atoms with E-state index in [-0.39, 0.29) is 0 Å². The third kappa shape index (κ3) is 4.75. The summed E-state index contributed by atoms with van der Waals surface area (Å²) in [5.41, 5.74) is 4.81. The van der Waals surface area contributed by atoms with Crippen LogP contribution in [0.3, 0.4) is 0 Å². The van der Waals surface area contributed by atoms with Gasteiger partial charge in [0.2, 0.25) is 0 Å². The molecule has 0 aliphatic carbocycles. The molecule has 2 aromatic carbocycles. The van der Waals surface area contributed by atoms with Crippen molar-refractivity contribution in [2.75, 3.05) is 26.7 Å². The van der Waals surface area contributed by atoms with Gasteiger partial charge in [-0.15, -0.1) is 0 Å². The second-order valence-corrected chi connectivity index (χ2v) is 9.12. The number of nitrogens with one attached hydrogen (secondary N) is 2. The van der Waals surface area contributed by atoms with Crippen molar-refractivity contribution in [1.82, 2.24) is 14.9 Å². The Kier molecular flexibility index (Phi) is 6.45. The molecule has 7 nitrogen and oxygen atoms in total. The van der Waals surface area contributed by atoms with E-state index in [1.165, 1.54) is 29.4 Å². The molecule has 0 radical (unpaired) electrons. The number of likely N-dealkylation sites (tertiary alicyclic amines) is 1. The summed E-state index contributed by atoms with van der Waals surface area (Å²) in [5, 5.41) is 11.2. The standard InChI is InChI=1S/C27H31N3O4/c1-33-20-5-7-25-22(14-20)19(16-28-25)4-2-3-11-30-12-9-18(10-13-30)24-17-29-26-8-6-21(15-23(24)26)34-27(31)32/h5-8,14-18,28-29H,2-4,9-13H2,1H3,(H,31,32). The topological polar surface area (TPSA) is 90.6 Å². The van der Waals surface area contributed by atoms with Crippen LogP contribution in [0, 0.1) is 0 Å². The lowest BCUT2D eigenvalue weighted by atomic mass is 9.89. The molecule has 178 valence electrons. The van der Waals surface area contributed by atoms with E-state index in [9.17, 15) is 4.79 Å². The number of aromatic nitrogens is 2. The van der Waals surface area contributed by atoms with Crippen molar-refractivity contribution in [2.24, 2.45) is 0 Å². The van der Waals surface area contributed by atoms with Gasteiger partial charge in [0.25, 0.3) is 0 Å². The molecule has 0 unspecified atom stereocenters. The molecular formula is C27H31N3O4. The highest BCUT2D eigenvalue weighted by Gasteiger charge is 2.23. The van der Waals surface area contributed by atoms with Crippen LogP contribution in [-0.2, 0) is 6.42 Å². The number of ether oxygens (including phenoxy) is 2. The van der Waals surface area contributed by atoms with Gasteiger partial charge < -0.3 is 29.4 Å². The minimum absolute atomic E-state index is 0.368. The average Bonchev–Trinajstić information content (AvgIpc) is 3.45. The first-order valence-corrected chi connectivity index (χ1v) is 12.0. The highest BCUT2D eigenvalue weighted by molar-refractivity contribution is 5.86. The van der Waals surface area contributed by atoms with Gasteiger partial charge in [-0.05, 0) is 105 Å². The SMILES string of the molecule is COc1ccc2[nH]cc(CCCCN3CCC(c4c[nH]c5ccc(OC(=O)O)cc45)CC3)c2c1. The van der Waals surface area contributed by atoms with E-state index >= 15 is 0 Å². The minimum atomic E-state index is -1.28. The molecule has 0 bridgehead atoms. The number of nitrogens with zero attached hydrogens (tertiary/aromatic N) is 1. The van der Waals surface area contributed by atoms with Crippen LogP contribution in [-0.4, -0.2) is 52.9 Å². The number of unbranched alkanes of at least 4 members (excludes halogenated alkanes) is 1. The van der Waals surface area contributed by atoms with E-state index in [4.69, 9.17) is 14.6 Å². The zero-order valence-electron chi connectivity index (χ0n) is 19.5. The number of carbonyl (C=O) groups is 1. The summed E-state index contributed by atoms with van der Waals surface area (Å²) in [4.78, 5) is 20.1. The van der Waals surface area contributed by atoms with E-state index in [2.05, 4.69) is 39.4 Å². The van der Waals surface area contributed by atoms with Crippen LogP contribution >= 0.6 is 0 Å². The van der Waals surface area contributed by atoms with Crippen molar-refractivity contribution < 1.29 is 19.4 Å². The summed E-state index contributed by atoms with van der Waals surface area (Å²) in [6, 6.07) is 11.6. The number of rotatable bonds is 8. The first kappa shape index (κ1) is 22.3. The second kappa shape index (κ2) is 9.81. The van der Waals surface area contributed by atoms with Crippen LogP contribution in [0.4, 0.5) is 4.79 Å². The van der Waals surface area contributed by atoms with Crippen molar-refractivity contribution in [3.05, 3.63) is 59.9 Å². The molecule has 1 fully saturated rings. The Hall–Kier alpha value is -3.45. The fourth-order valence-corrected chi connectivity index (χ4v) is 5.23. The molecular weight excluding hydrogens is 430 g/mol. The Morgan fingerprint density at radius 1 is 1.00 bits per heavy atom. The maximum atomic E-state index is 10.9. The lowest BCUT2D eigenvalue weighted by molar-refractivity contribution is 0.144. The molecule has 1 aliphatic heterocycles. The molecule has 0 spiro atoms. The molecule has 4 aromatic rings. The average molecular weight is 462 g/mol. The molecule has 3 heterocycles. The normalized spacial score (nSPS) is 15.2. The first-order chi connectivity index (χ1) is 16.6. The Morgan fingerprint density at radius 2 is 1.71 bits per heavy atom. The number of piperidine rings is 1. The van der Waals surface area contributed by atoms with Crippen LogP contribution in [0.5, 0.6) is 11.5 Å². The summed E-state index contributed by atoms with van der Waals surface area (Å²) in [6.07, 6.45) is 8.56. The first-order valence-electron chi connectivity index (χ1n) is 12.0. The van der Waals surface area contributed by atoms with Crippen molar-refractivity contribution >= 4 is 28.0 Å². The Labute approximate surface area is 198 Å². The lowest BCUT2D eigenvalue weighted by Gasteiger charge is -2.32. The van der Waals surface area contributed by atoms with Crippen LogP contribution < -0.4 is 9.47 Å². The maximum Gasteiger partial charge on any atom is 0.511 e. The number of aromatic amines is 2. The van der Waals surface area contributed by atoms with Crippen molar-refractivity contribution in [2.45, 2.75) is 38.0 Å². The molecule has 1 aliphatic rings. The van der Waals surface area contributed by atoms with Gasteiger partial charge in [-0.3, -0.25) is 0 Å². The maximum absolute atomic E-state index is 10.9. The predicted octanol–water partition coefficient (Wildman–Crippen LogP) is 5.92. The smallest absolute Gasteiger partial charge is 0.497 e. The molecule has 1 saturated heterocycles. The van der Waals surface area contributed by atoms with E-state index in [0.717, 1.165) is 61.1 Å². The number of H-pyrrole nitrogens is 2. The number of carboxylic acid groups (broad SMARTS) is 1. The van der Waals surface area contributed by atoms with Gasteiger partial charge in [-0.2, -0.15) is 0 Å². The summed E-state index contributed by atoms with van der Waals surface area (Å²) in [7, 11) is 1.71. The van der Waals surface area contributed by atoms with Crippen LogP contribution in [0.25, 0.3) is 21.8 Å². The van der Waals surface area contributed by atoms with Crippen LogP contribution in [0.15, 0.2) is 48.8 Å². The molecule has 0 atom stereocenters. The van der Waals surface area contributed by atoms with Crippen molar-refractivity contribution in [3.8, 4) is 11.5 Å². The Morgan fingerprint density at radius 3 is 2.47 bits per heavy atom. The summed E-state index contributed by atoms with van der Waals surface area (Å²) >= 11 is 0. The van der Waals surface area contributed by atoms with E-state index in [1.54, 1.807) is 13.2 Å². The number of hydrogen-bond donors (Lipinski definition) is 3. The Balaban J connectivity index is 1.12. The Bertz CT molecular complexity index is 1280. The predicted molar refractivity (Wildman–Crippen MR) is 133 cm³/mol. The largest absolute Gasteiger partial charge is 0.511 e. The van der Waals surface area contributed by atoms with Gasteiger partial charge in [-0.25, -0.2) is 4.79 Å².